The molecule has 6 nitrogen and oxygen atoms in total. The fourth-order valence-corrected chi connectivity index (χ4v) is 2.29. The van der Waals surface area contributed by atoms with Crippen LogP contribution in [0.5, 0.6) is 11.5 Å². The predicted octanol–water partition coefficient (Wildman–Crippen LogP) is 2.53. The van der Waals surface area contributed by atoms with Crippen LogP contribution in [0.1, 0.15) is 6.92 Å². The van der Waals surface area contributed by atoms with Gasteiger partial charge in [0.2, 0.25) is 0 Å². The van der Waals surface area contributed by atoms with E-state index in [-0.39, 0.29) is 5.91 Å². The van der Waals surface area contributed by atoms with Gasteiger partial charge in [-0.15, -0.1) is 0 Å². The Morgan fingerprint density at radius 3 is 2.44 bits per heavy atom. The largest absolute Gasteiger partial charge is 0.546 e. The molecule has 0 heterocycles. The van der Waals surface area contributed by atoms with Crippen LogP contribution in [0, 0.1) is 0 Å². The molecule has 132 valence electrons. The molecule has 0 aromatic heterocycles. The maximum absolute atomic E-state index is 12.2. The van der Waals surface area contributed by atoms with Crippen molar-refractivity contribution in [2.45, 2.75) is 13.0 Å². The molecule has 1 N–H and O–H groups in total. The van der Waals surface area contributed by atoms with Crippen molar-refractivity contribution in [1.29, 1.82) is 0 Å². The minimum absolute atomic E-state index is 0.307. The van der Waals surface area contributed by atoms with E-state index in [9.17, 15) is 14.7 Å². The Kier molecular flexibility index (Phi) is 6.50. The summed E-state index contributed by atoms with van der Waals surface area (Å²) in [5, 5.41) is 13.8. The van der Waals surface area contributed by atoms with Gasteiger partial charge in [0.05, 0.1) is 11.0 Å². The first kappa shape index (κ1) is 18.9. The number of carboxylic acid groups (broad SMARTS) is 1. The van der Waals surface area contributed by atoms with Crippen LogP contribution < -0.4 is 19.9 Å². The average molecular weight is 383 g/mol. The first-order valence-electron chi connectivity index (χ1n) is 7.20. The SMILES string of the molecule is C[C@H](Oc1ccc(Cl)cc1Cl)C(=O)Nc1ccc(OCC(=O)[O-])cc1. The number of ether oxygens (including phenoxy) is 2. The highest BCUT2D eigenvalue weighted by Crippen LogP contribution is 2.28. The van der Waals surface area contributed by atoms with E-state index in [4.69, 9.17) is 32.7 Å². The lowest BCUT2D eigenvalue weighted by molar-refractivity contribution is -0.307. The Hall–Kier alpha value is -2.44. The second kappa shape index (κ2) is 8.60. The molecule has 0 aliphatic rings. The zero-order valence-corrected chi connectivity index (χ0v) is 14.6. The van der Waals surface area contributed by atoms with Gasteiger partial charge in [-0.2, -0.15) is 0 Å². The molecule has 0 spiro atoms. The first-order chi connectivity index (χ1) is 11.8. The maximum atomic E-state index is 12.2. The van der Waals surface area contributed by atoms with Gasteiger partial charge in [-0.3, -0.25) is 4.79 Å². The van der Waals surface area contributed by atoms with Crippen molar-refractivity contribution < 1.29 is 24.2 Å². The van der Waals surface area contributed by atoms with Crippen LogP contribution >= 0.6 is 23.2 Å². The summed E-state index contributed by atoms with van der Waals surface area (Å²) >= 11 is 11.8. The highest BCUT2D eigenvalue weighted by Gasteiger charge is 2.16. The van der Waals surface area contributed by atoms with Gasteiger partial charge in [-0.05, 0) is 49.4 Å². The second-order valence-corrected chi connectivity index (χ2v) is 5.85. The number of anilines is 1. The van der Waals surface area contributed by atoms with E-state index in [0.717, 1.165) is 0 Å². The number of carbonyl (C=O) groups excluding carboxylic acids is 2. The number of hydrogen-bond donors (Lipinski definition) is 1. The van der Waals surface area contributed by atoms with Gasteiger partial charge >= 0.3 is 0 Å². The van der Waals surface area contributed by atoms with Gasteiger partial charge in [-0.25, -0.2) is 0 Å². The minimum Gasteiger partial charge on any atom is -0.546 e. The molecule has 0 bridgehead atoms. The molecular formula is C17H14Cl2NO5-. The summed E-state index contributed by atoms with van der Waals surface area (Å²) in [6.07, 6.45) is -0.798. The number of carboxylic acids is 1. The Labute approximate surface area is 154 Å². The Morgan fingerprint density at radius 1 is 1.16 bits per heavy atom. The standard InChI is InChI=1S/C17H15Cl2NO5/c1-10(25-15-7-2-11(18)8-14(15)19)17(23)20-12-3-5-13(6-4-12)24-9-16(21)22/h2-8,10H,9H2,1H3,(H,20,23)(H,21,22)/p-1/t10-/m0/s1. The third kappa shape index (κ3) is 5.85. The van der Waals surface area contributed by atoms with E-state index in [0.29, 0.717) is 27.2 Å². The van der Waals surface area contributed by atoms with Crippen LogP contribution in [-0.4, -0.2) is 24.6 Å². The van der Waals surface area contributed by atoms with Gasteiger partial charge < -0.3 is 24.7 Å². The predicted molar refractivity (Wildman–Crippen MR) is 92.1 cm³/mol. The van der Waals surface area contributed by atoms with Crippen LogP contribution in [0.4, 0.5) is 5.69 Å². The summed E-state index contributed by atoms with van der Waals surface area (Å²) in [6, 6.07) is 10.9. The fraction of sp³-hybridized carbons (Fsp3) is 0.176. The summed E-state index contributed by atoms with van der Waals surface area (Å²) in [6.45, 7) is 1.04. The van der Waals surface area contributed by atoms with Crippen molar-refractivity contribution in [3.63, 3.8) is 0 Å². The molecule has 1 atom stereocenters. The molecule has 8 heteroatoms. The van der Waals surface area contributed by atoms with Crippen molar-refractivity contribution in [2.24, 2.45) is 0 Å². The molecule has 0 saturated heterocycles. The number of carbonyl (C=O) groups is 2. The molecule has 0 radical (unpaired) electrons. The number of nitrogens with one attached hydrogen (secondary N) is 1. The molecule has 25 heavy (non-hydrogen) atoms. The molecule has 0 fully saturated rings. The zero-order valence-electron chi connectivity index (χ0n) is 13.1. The molecule has 0 unspecified atom stereocenters. The fourth-order valence-electron chi connectivity index (χ4n) is 1.84. The lowest BCUT2D eigenvalue weighted by Gasteiger charge is -2.16. The van der Waals surface area contributed by atoms with Crippen molar-refractivity contribution in [1.82, 2.24) is 0 Å². The lowest BCUT2D eigenvalue weighted by Crippen LogP contribution is -2.30. The Morgan fingerprint density at radius 2 is 1.84 bits per heavy atom. The quantitative estimate of drug-likeness (QED) is 0.794. The minimum atomic E-state index is -1.32. The molecule has 2 aromatic carbocycles. The van der Waals surface area contributed by atoms with Crippen molar-refractivity contribution >= 4 is 40.8 Å². The summed E-state index contributed by atoms with van der Waals surface area (Å²) in [5.41, 5.74) is 0.503. The third-order valence-electron chi connectivity index (χ3n) is 3.05. The summed E-state index contributed by atoms with van der Waals surface area (Å²) < 4.78 is 10.5. The number of benzene rings is 2. The third-order valence-corrected chi connectivity index (χ3v) is 3.58. The summed E-state index contributed by atoms with van der Waals surface area (Å²) in [5.74, 6) is -1.00. The Balaban J connectivity index is 1.93. The number of hydrogen-bond acceptors (Lipinski definition) is 5. The van der Waals surface area contributed by atoms with E-state index in [1.54, 1.807) is 31.2 Å². The van der Waals surface area contributed by atoms with Crippen LogP contribution in [0.3, 0.4) is 0 Å². The molecule has 0 saturated carbocycles. The second-order valence-electron chi connectivity index (χ2n) is 5.01. The molecule has 0 aliphatic carbocycles. The van der Waals surface area contributed by atoms with E-state index in [1.807, 2.05) is 0 Å². The van der Waals surface area contributed by atoms with Gasteiger partial charge in [0.1, 0.15) is 18.1 Å². The van der Waals surface area contributed by atoms with Crippen LogP contribution in [0.15, 0.2) is 42.5 Å². The molecule has 0 aliphatic heterocycles. The van der Waals surface area contributed by atoms with E-state index >= 15 is 0 Å². The topological polar surface area (TPSA) is 87.7 Å². The van der Waals surface area contributed by atoms with Crippen molar-refractivity contribution in [3.8, 4) is 11.5 Å². The number of halogens is 2. The smallest absolute Gasteiger partial charge is 0.265 e. The average Bonchev–Trinajstić information content (AvgIpc) is 2.56. The van der Waals surface area contributed by atoms with Crippen molar-refractivity contribution in [3.05, 3.63) is 52.5 Å². The van der Waals surface area contributed by atoms with Gasteiger partial charge in [0, 0.05) is 10.7 Å². The number of rotatable bonds is 7. The molecular weight excluding hydrogens is 369 g/mol. The highest BCUT2D eigenvalue weighted by molar-refractivity contribution is 6.35. The Bertz CT molecular complexity index is 764. The molecule has 1 amide bonds. The molecule has 2 aromatic rings. The number of amides is 1. The molecule has 2 rings (SSSR count). The van der Waals surface area contributed by atoms with E-state index in [1.165, 1.54) is 18.2 Å². The van der Waals surface area contributed by atoms with Gasteiger partial charge in [-0.1, -0.05) is 23.2 Å². The first-order valence-corrected chi connectivity index (χ1v) is 7.96. The van der Waals surface area contributed by atoms with Crippen LogP contribution in [0.25, 0.3) is 0 Å². The summed E-state index contributed by atoms with van der Waals surface area (Å²) in [4.78, 5) is 22.5. The normalized spacial score (nSPS) is 11.5. The summed E-state index contributed by atoms with van der Waals surface area (Å²) in [7, 11) is 0. The monoisotopic (exact) mass is 382 g/mol. The maximum Gasteiger partial charge on any atom is 0.265 e. The van der Waals surface area contributed by atoms with Crippen LogP contribution in [0.2, 0.25) is 10.0 Å². The van der Waals surface area contributed by atoms with E-state index in [2.05, 4.69) is 5.32 Å². The van der Waals surface area contributed by atoms with E-state index < -0.39 is 18.7 Å². The lowest BCUT2D eigenvalue weighted by atomic mass is 10.2. The zero-order chi connectivity index (χ0) is 18.4. The number of aliphatic carboxylic acids is 1. The highest BCUT2D eigenvalue weighted by atomic mass is 35.5. The van der Waals surface area contributed by atoms with Crippen LogP contribution in [-0.2, 0) is 9.59 Å². The van der Waals surface area contributed by atoms with Gasteiger partial charge in [0.25, 0.3) is 5.91 Å². The van der Waals surface area contributed by atoms with Gasteiger partial charge in [0.15, 0.2) is 6.10 Å². The van der Waals surface area contributed by atoms with Crippen molar-refractivity contribution in [2.75, 3.05) is 11.9 Å².